The van der Waals surface area contributed by atoms with Gasteiger partial charge in [0.1, 0.15) is 11.9 Å². The van der Waals surface area contributed by atoms with Gasteiger partial charge >= 0.3 is 0 Å². The van der Waals surface area contributed by atoms with Gasteiger partial charge in [0.05, 0.1) is 0 Å². The number of ether oxygens (including phenoxy) is 1. The first-order valence-electron chi connectivity index (χ1n) is 6.15. The molecule has 2 heterocycles. The average Bonchev–Trinajstić information content (AvgIpc) is 2.55. The fourth-order valence-corrected chi connectivity index (χ4v) is 2.99. The summed E-state index contributed by atoms with van der Waals surface area (Å²) >= 11 is 0. The summed E-state index contributed by atoms with van der Waals surface area (Å²) in [5.74, 6) is 0.754. The Balaban J connectivity index is 2.50. The molecule has 0 fully saturated rings. The lowest BCUT2D eigenvalue weighted by Gasteiger charge is -2.49. The molecule has 0 N–H and O–H groups in total. The molecule has 1 aliphatic rings. The van der Waals surface area contributed by atoms with Gasteiger partial charge in [-0.25, -0.2) is 9.97 Å². The summed E-state index contributed by atoms with van der Waals surface area (Å²) in [4.78, 5) is 8.34. The molecule has 0 bridgehead atoms. The van der Waals surface area contributed by atoms with Crippen molar-refractivity contribution in [2.45, 2.75) is 53.6 Å². The minimum atomic E-state index is -0.224. The maximum Gasteiger partial charge on any atom is 0.220 e. The molecule has 0 saturated carbocycles. The summed E-state index contributed by atoms with van der Waals surface area (Å²) in [7, 11) is 0. The third-order valence-corrected chi connectivity index (χ3v) is 3.88. The summed E-state index contributed by atoms with van der Waals surface area (Å²) in [5, 5.41) is 0. The molecule has 3 heteroatoms. The molecule has 0 aliphatic carbocycles. The van der Waals surface area contributed by atoms with Gasteiger partial charge in [0.2, 0.25) is 5.88 Å². The summed E-state index contributed by atoms with van der Waals surface area (Å²) in [6.45, 7) is 13.4. The highest BCUT2D eigenvalue weighted by atomic mass is 16.5. The second-order valence-electron chi connectivity index (χ2n) is 6.96. The minimum absolute atomic E-state index is 0.0476. The topological polar surface area (TPSA) is 35.0 Å². The van der Waals surface area contributed by atoms with E-state index >= 15 is 0 Å². The lowest BCUT2D eigenvalue weighted by molar-refractivity contribution is -0.100. The zero-order chi connectivity index (χ0) is 12.9. The fourth-order valence-electron chi connectivity index (χ4n) is 2.99. The van der Waals surface area contributed by atoms with Gasteiger partial charge in [-0.1, -0.05) is 41.5 Å². The molecule has 0 unspecified atom stereocenters. The smallest absolute Gasteiger partial charge is 0.220 e. The maximum absolute atomic E-state index is 6.27. The largest absolute Gasteiger partial charge is 0.469 e. The van der Waals surface area contributed by atoms with Gasteiger partial charge in [-0.2, -0.15) is 0 Å². The van der Waals surface area contributed by atoms with E-state index in [0.717, 1.165) is 17.9 Å². The van der Waals surface area contributed by atoms with E-state index in [0.29, 0.717) is 0 Å². The highest BCUT2D eigenvalue weighted by Gasteiger charge is 2.56. The zero-order valence-corrected chi connectivity index (χ0v) is 11.7. The molecular weight excluding hydrogens is 212 g/mol. The number of hydrogen-bond acceptors (Lipinski definition) is 3. The number of rotatable bonds is 0. The van der Waals surface area contributed by atoms with Gasteiger partial charge in [0.15, 0.2) is 0 Å². The normalized spacial score (nSPS) is 18.7. The van der Waals surface area contributed by atoms with E-state index in [-0.39, 0.29) is 16.4 Å². The molecule has 0 amide bonds. The van der Waals surface area contributed by atoms with Crippen molar-refractivity contribution in [3.8, 4) is 5.88 Å². The zero-order valence-electron chi connectivity index (χ0n) is 11.7. The van der Waals surface area contributed by atoms with Crippen molar-refractivity contribution >= 4 is 0 Å². The molecule has 94 valence electrons. The maximum atomic E-state index is 6.27. The first kappa shape index (κ1) is 12.3. The SMILES string of the molecule is CC(C)(C)C1(C(C)(C)C)Cc2cncnc2O1. The standard InChI is InChI=1S/C14H22N2O/c1-12(2,3)14(13(4,5)6)7-10-8-15-9-16-11(10)17-14/h8-9H,7H2,1-6H3. The van der Waals surface area contributed by atoms with Crippen LogP contribution in [0.2, 0.25) is 0 Å². The molecule has 0 saturated heterocycles. The Labute approximate surface area is 104 Å². The van der Waals surface area contributed by atoms with E-state index in [1.54, 1.807) is 6.33 Å². The quantitative estimate of drug-likeness (QED) is 0.691. The Morgan fingerprint density at radius 2 is 1.71 bits per heavy atom. The fraction of sp³-hybridized carbons (Fsp3) is 0.714. The number of nitrogens with zero attached hydrogens (tertiary/aromatic N) is 2. The summed E-state index contributed by atoms with van der Waals surface area (Å²) in [5.41, 5.74) is 0.994. The van der Waals surface area contributed by atoms with Crippen LogP contribution in [-0.2, 0) is 6.42 Å². The van der Waals surface area contributed by atoms with Crippen LogP contribution in [0.15, 0.2) is 12.5 Å². The van der Waals surface area contributed by atoms with Crippen LogP contribution in [0.4, 0.5) is 0 Å². The summed E-state index contributed by atoms with van der Waals surface area (Å²) in [6.07, 6.45) is 4.32. The van der Waals surface area contributed by atoms with Crippen molar-refractivity contribution in [1.29, 1.82) is 0 Å². The summed E-state index contributed by atoms with van der Waals surface area (Å²) < 4.78 is 6.27. The average molecular weight is 234 g/mol. The Kier molecular flexibility index (Phi) is 2.49. The van der Waals surface area contributed by atoms with Gasteiger partial charge in [0, 0.05) is 29.0 Å². The molecule has 3 nitrogen and oxygen atoms in total. The van der Waals surface area contributed by atoms with Crippen LogP contribution in [0.1, 0.15) is 47.1 Å². The van der Waals surface area contributed by atoms with Crippen LogP contribution >= 0.6 is 0 Å². The third-order valence-electron chi connectivity index (χ3n) is 3.88. The van der Waals surface area contributed by atoms with E-state index in [1.807, 2.05) is 6.20 Å². The molecule has 1 aromatic heterocycles. The van der Waals surface area contributed by atoms with E-state index < -0.39 is 0 Å². The number of hydrogen-bond donors (Lipinski definition) is 0. The van der Waals surface area contributed by atoms with Gasteiger partial charge in [-0.15, -0.1) is 0 Å². The van der Waals surface area contributed by atoms with E-state index in [2.05, 4.69) is 51.5 Å². The Morgan fingerprint density at radius 1 is 1.12 bits per heavy atom. The molecule has 0 atom stereocenters. The van der Waals surface area contributed by atoms with Gasteiger partial charge < -0.3 is 4.74 Å². The predicted octanol–water partition coefficient (Wildman–Crippen LogP) is 3.24. The second kappa shape index (κ2) is 3.44. The van der Waals surface area contributed by atoms with Crippen LogP contribution in [0, 0.1) is 10.8 Å². The minimum Gasteiger partial charge on any atom is -0.469 e. The molecule has 2 rings (SSSR count). The third kappa shape index (κ3) is 1.72. The number of aromatic nitrogens is 2. The Hall–Kier alpha value is -1.12. The van der Waals surface area contributed by atoms with E-state index in [9.17, 15) is 0 Å². The lowest BCUT2D eigenvalue weighted by Crippen LogP contribution is -2.56. The molecule has 0 spiro atoms. The highest BCUT2D eigenvalue weighted by Crippen LogP contribution is 2.52. The molecule has 17 heavy (non-hydrogen) atoms. The van der Waals surface area contributed by atoms with Gasteiger partial charge in [-0.05, 0) is 0 Å². The molecule has 0 radical (unpaired) electrons. The first-order valence-corrected chi connectivity index (χ1v) is 6.15. The van der Waals surface area contributed by atoms with Crippen LogP contribution < -0.4 is 4.74 Å². The van der Waals surface area contributed by atoms with Crippen molar-refractivity contribution < 1.29 is 4.74 Å². The first-order chi connectivity index (χ1) is 7.67. The Morgan fingerprint density at radius 3 is 2.18 bits per heavy atom. The highest BCUT2D eigenvalue weighted by molar-refractivity contribution is 5.33. The lowest BCUT2D eigenvalue weighted by atomic mass is 9.61. The van der Waals surface area contributed by atoms with Crippen molar-refractivity contribution in [2.75, 3.05) is 0 Å². The van der Waals surface area contributed by atoms with Crippen LogP contribution in [-0.4, -0.2) is 15.6 Å². The predicted molar refractivity (Wildman–Crippen MR) is 68.0 cm³/mol. The second-order valence-corrected chi connectivity index (χ2v) is 6.96. The van der Waals surface area contributed by atoms with Crippen LogP contribution in [0.5, 0.6) is 5.88 Å². The molecular formula is C14H22N2O. The van der Waals surface area contributed by atoms with E-state index in [1.165, 1.54) is 0 Å². The molecule has 0 aromatic carbocycles. The van der Waals surface area contributed by atoms with Crippen molar-refractivity contribution in [3.05, 3.63) is 18.1 Å². The van der Waals surface area contributed by atoms with E-state index in [4.69, 9.17) is 4.74 Å². The Bertz CT molecular complexity index is 386. The summed E-state index contributed by atoms with van der Waals surface area (Å²) in [6, 6.07) is 0. The van der Waals surface area contributed by atoms with Crippen molar-refractivity contribution in [2.24, 2.45) is 10.8 Å². The van der Waals surface area contributed by atoms with Crippen molar-refractivity contribution in [1.82, 2.24) is 9.97 Å². The molecule has 1 aliphatic heterocycles. The van der Waals surface area contributed by atoms with Gasteiger partial charge in [0.25, 0.3) is 0 Å². The van der Waals surface area contributed by atoms with Crippen molar-refractivity contribution in [3.63, 3.8) is 0 Å². The van der Waals surface area contributed by atoms with Gasteiger partial charge in [-0.3, -0.25) is 0 Å². The van der Waals surface area contributed by atoms with Crippen LogP contribution in [0.3, 0.4) is 0 Å². The van der Waals surface area contributed by atoms with Crippen LogP contribution in [0.25, 0.3) is 0 Å². The molecule has 1 aromatic rings. The number of fused-ring (bicyclic) bond motifs is 1. The monoisotopic (exact) mass is 234 g/mol.